The third-order valence-corrected chi connectivity index (χ3v) is 4.02. The lowest BCUT2D eigenvalue weighted by Gasteiger charge is -2.06. The van der Waals surface area contributed by atoms with E-state index in [1.807, 2.05) is 22.6 Å². The molecule has 0 aliphatic carbocycles. The van der Waals surface area contributed by atoms with Crippen LogP contribution in [0, 0.1) is 20.8 Å². The van der Waals surface area contributed by atoms with Gasteiger partial charge in [0.15, 0.2) is 5.65 Å². The molecular weight excluding hydrogens is 262 g/mol. The number of aryl methyl sites for hydroxylation is 4. The molecule has 0 unspecified atom stereocenters. The largest absolute Gasteiger partial charge is 0.272 e. The fraction of sp³-hybridized carbons (Fsp3) is 0.438. The molecule has 0 aliphatic heterocycles. The Morgan fingerprint density at radius 3 is 2.57 bits per heavy atom. The van der Waals surface area contributed by atoms with E-state index in [-0.39, 0.29) is 0 Å². The summed E-state index contributed by atoms with van der Waals surface area (Å²) in [6.45, 7) is 9.30. The van der Waals surface area contributed by atoms with Crippen molar-refractivity contribution >= 4 is 11.0 Å². The zero-order valence-electron chi connectivity index (χ0n) is 13.3. The van der Waals surface area contributed by atoms with Crippen LogP contribution in [-0.2, 0) is 13.6 Å². The quantitative estimate of drug-likeness (QED) is 0.742. The van der Waals surface area contributed by atoms with Gasteiger partial charge in [-0.2, -0.15) is 10.2 Å². The molecule has 0 radical (unpaired) electrons. The maximum Gasteiger partial charge on any atom is 0.158 e. The van der Waals surface area contributed by atoms with Crippen LogP contribution in [0.1, 0.15) is 30.3 Å². The molecule has 3 rings (SSSR count). The number of fused-ring (bicyclic) bond motifs is 1. The molecule has 0 aliphatic rings. The van der Waals surface area contributed by atoms with Crippen LogP contribution in [0.2, 0.25) is 0 Å². The molecule has 0 amide bonds. The van der Waals surface area contributed by atoms with Gasteiger partial charge in [0.1, 0.15) is 0 Å². The highest BCUT2D eigenvalue weighted by Crippen LogP contribution is 2.28. The van der Waals surface area contributed by atoms with Crippen molar-refractivity contribution in [2.24, 2.45) is 7.05 Å². The first-order valence-corrected chi connectivity index (χ1v) is 7.36. The topological polar surface area (TPSA) is 48.5 Å². The van der Waals surface area contributed by atoms with Gasteiger partial charge in [0.2, 0.25) is 0 Å². The fourth-order valence-corrected chi connectivity index (χ4v) is 2.82. The van der Waals surface area contributed by atoms with Gasteiger partial charge >= 0.3 is 0 Å². The first-order chi connectivity index (χ1) is 10.0. The second-order valence-electron chi connectivity index (χ2n) is 5.60. The summed E-state index contributed by atoms with van der Waals surface area (Å²) in [7, 11) is 1.95. The number of hydrogen-bond donors (Lipinski definition) is 0. The predicted octanol–water partition coefficient (Wildman–Crippen LogP) is 3.17. The highest BCUT2D eigenvalue weighted by Gasteiger charge is 2.15. The Morgan fingerprint density at radius 1 is 1.19 bits per heavy atom. The van der Waals surface area contributed by atoms with Crippen molar-refractivity contribution in [2.45, 2.75) is 40.7 Å². The summed E-state index contributed by atoms with van der Waals surface area (Å²) in [6.07, 6.45) is 2.93. The van der Waals surface area contributed by atoms with Crippen molar-refractivity contribution < 1.29 is 0 Å². The Labute approximate surface area is 124 Å². The molecule has 0 aromatic carbocycles. The molecule has 3 aromatic heterocycles. The van der Waals surface area contributed by atoms with Crippen LogP contribution < -0.4 is 0 Å². The fourth-order valence-electron chi connectivity index (χ4n) is 2.82. The molecular formula is C16H21N5. The van der Waals surface area contributed by atoms with Crippen LogP contribution in [0.5, 0.6) is 0 Å². The summed E-state index contributed by atoms with van der Waals surface area (Å²) in [5.41, 5.74) is 6.44. The highest BCUT2D eigenvalue weighted by molar-refractivity contribution is 5.85. The van der Waals surface area contributed by atoms with E-state index in [0.717, 1.165) is 41.3 Å². The monoisotopic (exact) mass is 283 g/mol. The van der Waals surface area contributed by atoms with Crippen LogP contribution in [-0.4, -0.2) is 24.5 Å². The number of pyridine rings is 1. The smallest absolute Gasteiger partial charge is 0.158 e. The van der Waals surface area contributed by atoms with E-state index < -0.39 is 0 Å². The Hall–Kier alpha value is -2.17. The third kappa shape index (κ3) is 2.13. The minimum Gasteiger partial charge on any atom is -0.272 e. The zero-order chi connectivity index (χ0) is 15.1. The molecule has 0 spiro atoms. The van der Waals surface area contributed by atoms with Crippen LogP contribution in [0.15, 0.2) is 12.3 Å². The molecule has 0 saturated carbocycles. The van der Waals surface area contributed by atoms with Crippen LogP contribution in [0.3, 0.4) is 0 Å². The van der Waals surface area contributed by atoms with Gasteiger partial charge in [-0.1, -0.05) is 6.92 Å². The van der Waals surface area contributed by atoms with Gasteiger partial charge in [0.25, 0.3) is 0 Å². The maximum atomic E-state index is 4.87. The van der Waals surface area contributed by atoms with Gasteiger partial charge in [-0.15, -0.1) is 0 Å². The minimum atomic E-state index is 0.895. The van der Waals surface area contributed by atoms with E-state index in [4.69, 9.17) is 4.98 Å². The molecule has 0 saturated heterocycles. The molecule has 3 aromatic rings. The normalized spacial score (nSPS) is 11.5. The van der Waals surface area contributed by atoms with E-state index in [2.05, 4.69) is 44.0 Å². The second kappa shape index (κ2) is 4.98. The summed E-state index contributed by atoms with van der Waals surface area (Å²) in [5, 5.41) is 10.1. The molecule has 5 heteroatoms. The first-order valence-electron chi connectivity index (χ1n) is 7.36. The van der Waals surface area contributed by atoms with Crippen molar-refractivity contribution in [3.05, 3.63) is 29.2 Å². The van der Waals surface area contributed by atoms with E-state index in [9.17, 15) is 0 Å². The summed E-state index contributed by atoms with van der Waals surface area (Å²) in [4.78, 5) is 4.87. The molecule has 5 nitrogen and oxygen atoms in total. The highest BCUT2D eigenvalue weighted by atomic mass is 15.3. The van der Waals surface area contributed by atoms with Gasteiger partial charge in [-0.05, 0) is 38.8 Å². The second-order valence-corrected chi connectivity index (χ2v) is 5.60. The third-order valence-electron chi connectivity index (χ3n) is 4.02. The minimum absolute atomic E-state index is 0.895. The van der Waals surface area contributed by atoms with Crippen molar-refractivity contribution in [1.82, 2.24) is 24.5 Å². The molecule has 110 valence electrons. The zero-order valence-corrected chi connectivity index (χ0v) is 13.3. The molecule has 0 fully saturated rings. The lowest BCUT2D eigenvalue weighted by atomic mass is 10.1. The lowest BCUT2D eigenvalue weighted by Crippen LogP contribution is -2.01. The average Bonchev–Trinajstić information content (AvgIpc) is 2.93. The van der Waals surface area contributed by atoms with Crippen LogP contribution in [0.25, 0.3) is 22.3 Å². The Kier molecular flexibility index (Phi) is 3.27. The number of rotatable bonds is 3. The summed E-state index contributed by atoms with van der Waals surface area (Å²) in [5.74, 6) is 0. The van der Waals surface area contributed by atoms with Crippen molar-refractivity contribution in [3.63, 3.8) is 0 Å². The van der Waals surface area contributed by atoms with Gasteiger partial charge < -0.3 is 0 Å². The van der Waals surface area contributed by atoms with Crippen molar-refractivity contribution in [2.75, 3.05) is 0 Å². The summed E-state index contributed by atoms with van der Waals surface area (Å²) in [6, 6.07) is 2.14. The van der Waals surface area contributed by atoms with Gasteiger partial charge in [-0.25, -0.2) is 9.67 Å². The van der Waals surface area contributed by atoms with Crippen LogP contribution >= 0.6 is 0 Å². The maximum absolute atomic E-state index is 4.87. The van der Waals surface area contributed by atoms with E-state index in [0.29, 0.717) is 0 Å². The molecule has 0 atom stereocenters. The van der Waals surface area contributed by atoms with Crippen LogP contribution in [0.4, 0.5) is 0 Å². The number of nitrogens with zero attached hydrogens (tertiary/aromatic N) is 5. The van der Waals surface area contributed by atoms with Crippen molar-refractivity contribution in [3.8, 4) is 11.3 Å². The van der Waals surface area contributed by atoms with E-state index in [1.54, 1.807) is 0 Å². The predicted molar refractivity (Wildman–Crippen MR) is 84.2 cm³/mol. The molecule has 0 bridgehead atoms. The standard InChI is InChI=1S/C16H21N5/c1-6-7-21-16-15(11(3)19-21)10(2)8-14(18-16)13-9-17-20(5)12(13)4/h8-9H,6-7H2,1-5H3. The number of aromatic nitrogens is 5. The van der Waals surface area contributed by atoms with E-state index >= 15 is 0 Å². The SMILES string of the molecule is CCCn1nc(C)c2c(C)cc(-c3cnn(C)c3C)nc21. The Balaban J connectivity index is 2.26. The Bertz CT molecular complexity index is 810. The average molecular weight is 283 g/mol. The van der Waals surface area contributed by atoms with Gasteiger partial charge in [-0.3, -0.25) is 4.68 Å². The first kappa shape index (κ1) is 13.8. The summed E-state index contributed by atoms with van der Waals surface area (Å²) >= 11 is 0. The van der Waals surface area contributed by atoms with Crippen molar-refractivity contribution in [1.29, 1.82) is 0 Å². The van der Waals surface area contributed by atoms with E-state index in [1.165, 1.54) is 10.9 Å². The Morgan fingerprint density at radius 2 is 1.95 bits per heavy atom. The molecule has 21 heavy (non-hydrogen) atoms. The van der Waals surface area contributed by atoms with Gasteiger partial charge in [0.05, 0.1) is 17.6 Å². The molecule has 0 N–H and O–H groups in total. The summed E-state index contributed by atoms with van der Waals surface area (Å²) < 4.78 is 3.90. The lowest BCUT2D eigenvalue weighted by molar-refractivity contribution is 0.612. The van der Waals surface area contributed by atoms with Gasteiger partial charge in [0, 0.05) is 30.2 Å². The molecule has 3 heterocycles. The number of hydrogen-bond acceptors (Lipinski definition) is 3.